The molecule has 0 spiro atoms. The number of amides is 2. The Morgan fingerprint density at radius 1 is 0.573 bits per heavy atom. The number of anilines is 2. The van der Waals surface area contributed by atoms with Crippen LogP contribution in [0.15, 0.2) is 172 Å². The highest BCUT2D eigenvalue weighted by Gasteiger charge is 2.26. The maximum Gasteiger partial charge on any atom is 0.363 e. The molecule has 0 aliphatic carbocycles. The lowest BCUT2D eigenvalue weighted by Crippen LogP contribution is -2.18. The van der Waals surface area contributed by atoms with Gasteiger partial charge in [-0.05, 0) is 125 Å². The summed E-state index contributed by atoms with van der Waals surface area (Å²) in [6.07, 6.45) is 3.07. The van der Waals surface area contributed by atoms with Gasteiger partial charge in [-0.25, -0.2) is 29.2 Å². The number of nitrogens with zero attached hydrogens (tertiary/aromatic N) is 2. The third-order valence-corrected chi connectivity index (χ3v) is 12.1. The smallest absolute Gasteiger partial charge is 0.363 e. The number of benzene rings is 5. The van der Waals surface area contributed by atoms with E-state index >= 15 is 0 Å². The minimum atomic E-state index is -0.625. The van der Waals surface area contributed by atoms with Crippen molar-refractivity contribution in [3.05, 3.63) is 199 Å². The first kappa shape index (κ1) is 52.0. The molecule has 3 N–H and O–H groups in total. The largest absolute Gasteiger partial charge is 0.493 e. The molecule has 20 heteroatoms. The van der Waals surface area contributed by atoms with Crippen LogP contribution in [-0.4, -0.2) is 80.0 Å². The van der Waals surface area contributed by atoms with E-state index in [1.807, 2.05) is 30.3 Å². The number of aliphatic hydroxyl groups excluding tert-OH is 1. The first-order valence-corrected chi connectivity index (χ1v) is 24.2. The highest BCUT2D eigenvalue weighted by molar-refractivity contribution is 7.12. The second-order valence-electron chi connectivity index (χ2n) is 15.6. The van der Waals surface area contributed by atoms with Gasteiger partial charge in [0.2, 0.25) is 23.6 Å². The summed E-state index contributed by atoms with van der Waals surface area (Å²) in [4.78, 5) is 82.3. The van der Waals surface area contributed by atoms with E-state index in [-0.39, 0.29) is 47.2 Å². The Bertz CT molecular complexity index is 3350. The van der Waals surface area contributed by atoms with Crippen LogP contribution in [0, 0.1) is 0 Å². The molecular weight excluding hydrogens is 1000 g/mol. The molecule has 2 amide bonds. The van der Waals surface area contributed by atoms with Crippen LogP contribution in [-0.2, 0) is 40.0 Å². The Balaban J connectivity index is 0.000000203. The van der Waals surface area contributed by atoms with E-state index in [0.717, 1.165) is 5.56 Å². The molecule has 9 rings (SSSR count). The number of rotatable bonds is 17. The molecular formula is C55H42N4O14S2. The lowest BCUT2D eigenvalue weighted by Gasteiger charge is -2.09. The molecule has 0 radical (unpaired) electrons. The number of thiophene rings is 2. The van der Waals surface area contributed by atoms with Crippen LogP contribution in [0.5, 0.6) is 23.0 Å². The van der Waals surface area contributed by atoms with Crippen molar-refractivity contribution in [2.24, 2.45) is 9.98 Å². The zero-order valence-corrected chi connectivity index (χ0v) is 41.3. The van der Waals surface area contributed by atoms with E-state index in [1.54, 1.807) is 126 Å². The molecule has 2 aliphatic heterocycles. The first-order chi connectivity index (χ1) is 36.4. The van der Waals surface area contributed by atoms with Crippen molar-refractivity contribution >= 4 is 93.7 Å². The topological polar surface area (TPSA) is 236 Å². The number of cyclic esters (lactones) is 2. The lowest BCUT2D eigenvalue weighted by molar-refractivity contribution is -0.130. The van der Waals surface area contributed by atoms with E-state index in [9.17, 15) is 28.8 Å². The molecule has 0 atom stereocenters. The van der Waals surface area contributed by atoms with E-state index < -0.39 is 36.4 Å². The van der Waals surface area contributed by atoms with Crippen LogP contribution in [0.25, 0.3) is 12.2 Å². The van der Waals surface area contributed by atoms with Gasteiger partial charge < -0.3 is 48.9 Å². The zero-order chi connectivity index (χ0) is 52.7. The van der Waals surface area contributed by atoms with Crippen molar-refractivity contribution in [3.63, 3.8) is 0 Å². The number of hydrogen-bond donors (Lipinski definition) is 3. The van der Waals surface area contributed by atoms with Gasteiger partial charge in [0.15, 0.2) is 34.4 Å². The van der Waals surface area contributed by atoms with Crippen molar-refractivity contribution in [3.8, 4) is 23.0 Å². The van der Waals surface area contributed by atoms with Crippen LogP contribution in [0.2, 0.25) is 0 Å². The van der Waals surface area contributed by atoms with Gasteiger partial charge in [-0.3, -0.25) is 9.59 Å². The van der Waals surface area contributed by atoms with Gasteiger partial charge in [-0.1, -0.05) is 54.6 Å². The number of ether oxygens (including phenoxy) is 7. The van der Waals surface area contributed by atoms with Gasteiger partial charge in [0.25, 0.3) is 0 Å². The summed E-state index contributed by atoms with van der Waals surface area (Å²) in [5.74, 6) is -1.65. The second kappa shape index (κ2) is 24.9. The summed E-state index contributed by atoms with van der Waals surface area (Å²) in [6.45, 7) is -0.366. The average Bonchev–Trinajstić information content (AvgIpc) is 4.28. The van der Waals surface area contributed by atoms with Crippen LogP contribution in [0.4, 0.5) is 11.4 Å². The Morgan fingerprint density at radius 3 is 1.47 bits per heavy atom. The summed E-state index contributed by atoms with van der Waals surface area (Å²) in [6, 6.07) is 39.4. The number of nitrogens with one attached hydrogen (secondary N) is 2. The van der Waals surface area contributed by atoms with Crippen molar-refractivity contribution < 1.29 is 67.0 Å². The van der Waals surface area contributed by atoms with Gasteiger partial charge >= 0.3 is 23.9 Å². The summed E-state index contributed by atoms with van der Waals surface area (Å²) in [5, 5.41) is 17.6. The van der Waals surface area contributed by atoms with Crippen LogP contribution in [0.3, 0.4) is 0 Å². The minimum absolute atomic E-state index is 0.0815. The number of esters is 4. The Kier molecular flexibility index (Phi) is 17.2. The highest BCUT2D eigenvalue weighted by Crippen LogP contribution is 2.33. The molecule has 0 saturated heterocycles. The zero-order valence-electron chi connectivity index (χ0n) is 39.7. The maximum absolute atomic E-state index is 12.5. The van der Waals surface area contributed by atoms with Crippen molar-refractivity contribution in [2.75, 3.05) is 38.1 Å². The van der Waals surface area contributed by atoms with Crippen molar-refractivity contribution in [1.29, 1.82) is 0 Å². The average molecular weight is 1050 g/mol. The summed E-state index contributed by atoms with van der Waals surface area (Å²) in [7, 11) is 2.90. The minimum Gasteiger partial charge on any atom is -0.493 e. The molecule has 18 nitrogen and oxygen atoms in total. The molecule has 5 aromatic carbocycles. The van der Waals surface area contributed by atoms with Crippen LogP contribution < -0.4 is 29.6 Å². The quantitative estimate of drug-likeness (QED) is 0.0440. The van der Waals surface area contributed by atoms with Crippen LogP contribution >= 0.6 is 22.7 Å². The summed E-state index contributed by atoms with van der Waals surface area (Å²) < 4.78 is 37.6. The van der Waals surface area contributed by atoms with Crippen molar-refractivity contribution in [2.45, 2.75) is 6.61 Å². The van der Waals surface area contributed by atoms with Gasteiger partial charge in [-0.15, -0.1) is 22.7 Å². The fraction of sp³-hybridized carbons (Fsp3) is 0.0909. The van der Waals surface area contributed by atoms with Gasteiger partial charge in [0, 0.05) is 22.5 Å². The molecule has 0 fully saturated rings. The van der Waals surface area contributed by atoms with Gasteiger partial charge in [-0.2, -0.15) is 0 Å². The Hall–Kier alpha value is -9.34. The molecule has 2 aromatic heterocycles. The van der Waals surface area contributed by atoms with Crippen molar-refractivity contribution in [1.82, 2.24) is 0 Å². The SMILES string of the molecule is COc1cc(/C=C2/N=C(c3ccc(NC(=O)CO)cc3)OC2=O)ccc1OC(=O)c1cccs1.COc1cc(/C=C2/N=C(c3ccc(NC(=O)COCc4ccccc4)cc3)OC2=O)ccc1OC(=O)c1cccs1. The summed E-state index contributed by atoms with van der Waals surface area (Å²) >= 11 is 2.55. The molecule has 4 heterocycles. The Morgan fingerprint density at radius 2 is 1.04 bits per heavy atom. The monoisotopic (exact) mass is 1050 g/mol. The molecule has 378 valence electrons. The number of aliphatic hydroxyl groups is 1. The van der Waals surface area contributed by atoms with E-state index in [2.05, 4.69) is 20.6 Å². The number of aliphatic imine (C=N–C) groups is 2. The fourth-order valence-electron chi connectivity index (χ4n) is 6.81. The van der Waals surface area contributed by atoms with E-state index in [0.29, 0.717) is 61.5 Å². The standard InChI is InChI=1S/C31H24N2O7S.C24H18N2O7S/c1-37-26-17-21(9-14-25(26)39-31(36)27-8-5-15-41-27)16-24-30(35)40-29(33-24)22-10-12-23(13-11-22)32-28(34)19-38-18-20-6-3-2-4-7-20;1-31-19-12-14(4-9-18(19)32-24(30)20-3-2-10-34-20)11-17-23(29)33-22(26-17)15-5-7-16(8-6-15)25-21(28)13-27/h2-17H,18-19H2,1H3,(H,32,34);2-12,27H,13H2,1H3,(H,25,28)/b24-16+;17-11+. The normalized spacial score (nSPS) is 13.6. The number of carbonyl (C=O) groups excluding carboxylic acids is 6. The third kappa shape index (κ3) is 14.0. The molecule has 0 bridgehead atoms. The summed E-state index contributed by atoms with van der Waals surface area (Å²) in [5.41, 5.74) is 4.49. The van der Waals surface area contributed by atoms with Crippen LogP contribution in [0.1, 0.15) is 47.2 Å². The lowest BCUT2D eigenvalue weighted by atomic mass is 10.1. The molecule has 0 saturated carbocycles. The predicted molar refractivity (Wildman–Crippen MR) is 279 cm³/mol. The number of methoxy groups -OCH3 is 2. The Labute approximate surface area is 435 Å². The molecule has 75 heavy (non-hydrogen) atoms. The van der Waals surface area contributed by atoms with E-state index in [4.69, 9.17) is 38.3 Å². The fourth-order valence-corrected chi connectivity index (χ4v) is 8.01. The van der Waals surface area contributed by atoms with Gasteiger partial charge in [0.05, 0.1) is 20.8 Å². The van der Waals surface area contributed by atoms with Gasteiger partial charge in [0.1, 0.15) is 23.0 Å². The highest BCUT2D eigenvalue weighted by atomic mass is 32.1. The molecule has 7 aromatic rings. The second-order valence-corrected chi connectivity index (χ2v) is 17.5. The number of carbonyl (C=O) groups is 6. The molecule has 0 unspecified atom stereocenters. The number of hydrogen-bond acceptors (Lipinski definition) is 18. The molecule has 2 aliphatic rings. The third-order valence-electron chi connectivity index (χ3n) is 10.4. The first-order valence-electron chi connectivity index (χ1n) is 22.4. The maximum atomic E-state index is 12.5. The predicted octanol–water partition coefficient (Wildman–Crippen LogP) is 8.73. The van der Waals surface area contributed by atoms with E-state index in [1.165, 1.54) is 43.0 Å².